The molecule has 2 rings (SSSR count). The van der Waals surface area contributed by atoms with Gasteiger partial charge in [-0.15, -0.1) is 22.7 Å². The molecule has 0 atom stereocenters. The first kappa shape index (κ1) is 19.8. The number of aromatic nitrogens is 2. The molecule has 2 aromatic rings. The molecule has 0 radical (unpaired) electrons. The minimum absolute atomic E-state index is 0.117. The predicted octanol–water partition coefficient (Wildman–Crippen LogP) is 3.46. The Labute approximate surface area is 159 Å². The molecule has 0 saturated heterocycles. The zero-order valence-electron chi connectivity index (χ0n) is 16.1. The van der Waals surface area contributed by atoms with Crippen LogP contribution in [0.5, 0.6) is 0 Å². The molecule has 0 aliphatic carbocycles. The number of hydrogen-bond acceptors (Lipinski definition) is 5. The Kier molecular flexibility index (Phi) is 6.95. The number of guanidine groups is 1. The number of thiazole rings is 2. The Balaban J connectivity index is 1.72. The van der Waals surface area contributed by atoms with Gasteiger partial charge in [-0.05, 0) is 13.8 Å². The number of nitrogens with one attached hydrogen (secondary N) is 2. The van der Waals surface area contributed by atoms with Crippen LogP contribution in [0.4, 0.5) is 0 Å². The largest absolute Gasteiger partial charge is 0.356 e. The van der Waals surface area contributed by atoms with Crippen LogP contribution in [0.1, 0.15) is 47.1 Å². The third kappa shape index (κ3) is 6.08. The second-order valence-electron chi connectivity index (χ2n) is 7.05. The van der Waals surface area contributed by atoms with Gasteiger partial charge in [0.15, 0.2) is 5.96 Å². The van der Waals surface area contributed by atoms with Crippen LogP contribution in [0.2, 0.25) is 0 Å². The molecule has 25 heavy (non-hydrogen) atoms. The monoisotopic (exact) mass is 379 g/mol. The van der Waals surface area contributed by atoms with Crippen molar-refractivity contribution in [3.63, 3.8) is 0 Å². The number of hydrogen-bond donors (Lipinski definition) is 2. The molecule has 0 amide bonds. The lowest BCUT2D eigenvalue weighted by atomic mass is 9.93. The second kappa shape index (κ2) is 8.76. The van der Waals surface area contributed by atoms with Crippen molar-refractivity contribution >= 4 is 28.6 Å². The summed E-state index contributed by atoms with van der Waals surface area (Å²) in [5.41, 5.74) is 2.43. The first-order chi connectivity index (χ1) is 11.8. The maximum absolute atomic E-state index is 4.73. The van der Waals surface area contributed by atoms with Gasteiger partial charge >= 0.3 is 0 Å². The molecule has 0 aliphatic heterocycles. The Bertz CT molecular complexity index is 690. The van der Waals surface area contributed by atoms with E-state index in [1.807, 2.05) is 0 Å². The second-order valence-corrected chi connectivity index (χ2v) is 9.28. The van der Waals surface area contributed by atoms with E-state index in [0.717, 1.165) is 37.6 Å². The van der Waals surface area contributed by atoms with E-state index in [0.29, 0.717) is 0 Å². The lowest BCUT2D eigenvalue weighted by molar-refractivity contribution is 0.570. The van der Waals surface area contributed by atoms with Crippen LogP contribution in [0.3, 0.4) is 0 Å². The quantitative estimate of drug-likeness (QED) is 0.596. The predicted molar refractivity (Wildman–Crippen MR) is 109 cm³/mol. The molecule has 2 N–H and O–H groups in total. The third-order valence-corrected chi connectivity index (χ3v) is 5.92. The van der Waals surface area contributed by atoms with Gasteiger partial charge in [-0.1, -0.05) is 20.8 Å². The highest BCUT2D eigenvalue weighted by molar-refractivity contribution is 7.11. The van der Waals surface area contributed by atoms with Crippen molar-refractivity contribution in [3.8, 4) is 0 Å². The number of nitrogens with zero attached hydrogens (tertiary/aromatic N) is 3. The van der Waals surface area contributed by atoms with Crippen LogP contribution in [0, 0.1) is 13.8 Å². The van der Waals surface area contributed by atoms with Crippen LogP contribution < -0.4 is 10.6 Å². The van der Waals surface area contributed by atoms with Crippen molar-refractivity contribution in [2.75, 3.05) is 20.1 Å². The van der Waals surface area contributed by atoms with Crippen molar-refractivity contribution < 1.29 is 0 Å². The van der Waals surface area contributed by atoms with Gasteiger partial charge in [0.05, 0.1) is 21.4 Å². The van der Waals surface area contributed by atoms with Crippen molar-refractivity contribution in [2.45, 2.75) is 52.9 Å². The van der Waals surface area contributed by atoms with Crippen LogP contribution in [0.15, 0.2) is 10.4 Å². The smallest absolute Gasteiger partial charge is 0.191 e. The number of aryl methyl sites for hydroxylation is 2. The zero-order chi connectivity index (χ0) is 18.4. The summed E-state index contributed by atoms with van der Waals surface area (Å²) in [5, 5.41) is 11.2. The van der Waals surface area contributed by atoms with Gasteiger partial charge in [0, 0.05) is 48.7 Å². The summed E-state index contributed by atoms with van der Waals surface area (Å²) in [5.74, 6) is 0.831. The molecule has 0 spiro atoms. The summed E-state index contributed by atoms with van der Waals surface area (Å²) < 4.78 is 0. The average molecular weight is 380 g/mol. The highest BCUT2D eigenvalue weighted by Gasteiger charge is 2.17. The van der Waals surface area contributed by atoms with E-state index in [9.17, 15) is 0 Å². The van der Waals surface area contributed by atoms with Crippen molar-refractivity contribution in [3.05, 3.63) is 31.7 Å². The molecular formula is C18H29N5S2. The molecule has 0 saturated carbocycles. The summed E-state index contributed by atoms with van der Waals surface area (Å²) in [6.07, 6.45) is 1.83. The van der Waals surface area contributed by atoms with Gasteiger partial charge in [-0.25, -0.2) is 9.97 Å². The maximum Gasteiger partial charge on any atom is 0.191 e. The molecule has 0 aliphatic rings. The van der Waals surface area contributed by atoms with Crippen LogP contribution in [-0.2, 0) is 18.3 Å². The molecule has 0 fully saturated rings. The van der Waals surface area contributed by atoms with E-state index < -0.39 is 0 Å². The lowest BCUT2D eigenvalue weighted by Crippen LogP contribution is -2.39. The summed E-state index contributed by atoms with van der Waals surface area (Å²) in [6, 6.07) is 0. The highest BCUT2D eigenvalue weighted by atomic mass is 32.1. The average Bonchev–Trinajstić information content (AvgIpc) is 3.13. The van der Waals surface area contributed by atoms with E-state index in [-0.39, 0.29) is 5.41 Å². The van der Waals surface area contributed by atoms with Gasteiger partial charge < -0.3 is 10.6 Å². The van der Waals surface area contributed by atoms with Gasteiger partial charge in [0.1, 0.15) is 0 Å². The fourth-order valence-corrected chi connectivity index (χ4v) is 4.17. The van der Waals surface area contributed by atoms with E-state index in [1.165, 1.54) is 20.6 Å². The van der Waals surface area contributed by atoms with Gasteiger partial charge in [-0.3, -0.25) is 4.99 Å². The fourth-order valence-electron chi connectivity index (χ4n) is 2.21. The van der Waals surface area contributed by atoms with E-state index in [1.54, 1.807) is 29.7 Å². The first-order valence-electron chi connectivity index (χ1n) is 8.62. The maximum atomic E-state index is 4.73. The molecule has 2 aromatic heterocycles. The van der Waals surface area contributed by atoms with Crippen LogP contribution in [0.25, 0.3) is 0 Å². The third-order valence-electron chi connectivity index (χ3n) is 3.88. The Morgan fingerprint density at radius 3 is 2.20 bits per heavy atom. The van der Waals surface area contributed by atoms with Crippen molar-refractivity contribution in [1.29, 1.82) is 0 Å². The first-order valence-corrected chi connectivity index (χ1v) is 10.3. The normalized spacial score (nSPS) is 12.5. The Hall–Kier alpha value is -1.47. The van der Waals surface area contributed by atoms with Crippen molar-refractivity contribution in [2.24, 2.45) is 4.99 Å². The Morgan fingerprint density at radius 2 is 1.72 bits per heavy atom. The minimum atomic E-state index is 0.117. The van der Waals surface area contributed by atoms with Crippen molar-refractivity contribution in [1.82, 2.24) is 20.6 Å². The summed E-state index contributed by atoms with van der Waals surface area (Å²) >= 11 is 3.51. The molecule has 138 valence electrons. The molecule has 7 heteroatoms. The Morgan fingerprint density at radius 1 is 1.08 bits per heavy atom. The van der Waals surface area contributed by atoms with Gasteiger partial charge in [0.2, 0.25) is 0 Å². The molecule has 0 aromatic carbocycles. The SMILES string of the molecule is CN=C(NCCc1nc(C(C)(C)C)cs1)NCCc1nc(C)c(C)s1. The highest BCUT2D eigenvalue weighted by Crippen LogP contribution is 2.23. The summed E-state index contributed by atoms with van der Waals surface area (Å²) in [4.78, 5) is 14.9. The lowest BCUT2D eigenvalue weighted by Gasteiger charge is -2.14. The molecular weight excluding hydrogens is 350 g/mol. The summed E-state index contributed by atoms with van der Waals surface area (Å²) in [7, 11) is 1.80. The van der Waals surface area contributed by atoms with Gasteiger partial charge in [0.25, 0.3) is 0 Å². The minimum Gasteiger partial charge on any atom is -0.356 e. The molecule has 2 heterocycles. The molecule has 5 nitrogen and oxygen atoms in total. The molecule has 0 unspecified atom stereocenters. The van der Waals surface area contributed by atoms with Crippen LogP contribution >= 0.6 is 22.7 Å². The number of rotatable bonds is 6. The molecule has 0 bridgehead atoms. The van der Waals surface area contributed by atoms with Gasteiger partial charge in [-0.2, -0.15) is 0 Å². The van der Waals surface area contributed by atoms with E-state index in [4.69, 9.17) is 4.98 Å². The van der Waals surface area contributed by atoms with E-state index >= 15 is 0 Å². The fraction of sp³-hybridized carbons (Fsp3) is 0.611. The standard InChI is InChI=1S/C18H29N5S2/c1-12-13(2)25-16(22-12)8-10-21-17(19-6)20-9-7-15-23-14(11-24-15)18(3,4)5/h11H,7-10H2,1-6H3,(H2,19,20,21). The number of aliphatic imine (C=N–C) groups is 1. The zero-order valence-corrected chi connectivity index (χ0v) is 17.7. The van der Waals surface area contributed by atoms with E-state index in [2.05, 4.69) is 60.6 Å². The summed E-state index contributed by atoms with van der Waals surface area (Å²) in [6.45, 7) is 12.4. The topological polar surface area (TPSA) is 62.2 Å². The van der Waals surface area contributed by atoms with Crippen LogP contribution in [-0.4, -0.2) is 36.1 Å².